The monoisotopic (exact) mass is 434 g/mol. The second kappa shape index (κ2) is 9.26. The molecular weight excluding hydrogens is 404 g/mol. The highest BCUT2D eigenvalue weighted by molar-refractivity contribution is 5.82. The molecule has 170 valence electrons. The van der Waals surface area contributed by atoms with Crippen molar-refractivity contribution in [3.05, 3.63) is 35.1 Å². The first-order valence-corrected chi connectivity index (χ1v) is 10.5. The first-order valence-electron chi connectivity index (χ1n) is 10.5. The van der Waals surface area contributed by atoms with Crippen LogP contribution in [-0.4, -0.2) is 49.1 Å². The molecule has 1 fully saturated rings. The Morgan fingerprint density at radius 3 is 2.55 bits per heavy atom. The van der Waals surface area contributed by atoms with Gasteiger partial charge in [0.15, 0.2) is 6.10 Å². The summed E-state index contributed by atoms with van der Waals surface area (Å²) in [6.07, 6.45) is 4.19. The van der Waals surface area contributed by atoms with E-state index in [2.05, 4.69) is 0 Å². The third kappa shape index (κ3) is 5.18. The van der Waals surface area contributed by atoms with Crippen LogP contribution < -0.4 is 0 Å². The molecule has 8 nitrogen and oxygen atoms in total. The lowest BCUT2D eigenvalue weighted by atomic mass is 9.85. The first kappa shape index (κ1) is 23.1. The molecule has 3 aliphatic rings. The van der Waals surface area contributed by atoms with Gasteiger partial charge in [-0.2, -0.15) is 0 Å². The van der Waals surface area contributed by atoms with Gasteiger partial charge in [-0.05, 0) is 31.4 Å². The number of rotatable bonds is 8. The van der Waals surface area contributed by atoms with Crippen LogP contribution in [0.3, 0.4) is 0 Å². The van der Waals surface area contributed by atoms with Gasteiger partial charge < -0.3 is 23.7 Å². The van der Waals surface area contributed by atoms with Crippen LogP contribution in [0, 0.1) is 11.8 Å². The lowest BCUT2D eigenvalue weighted by Gasteiger charge is -2.33. The normalized spacial score (nSPS) is 29.0. The topological polar surface area (TPSA) is 101 Å². The van der Waals surface area contributed by atoms with Crippen molar-refractivity contribution in [1.29, 1.82) is 0 Å². The average molecular weight is 434 g/mol. The summed E-state index contributed by atoms with van der Waals surface area (Å²) in [7, 11) is 0. The van der Waals surface area contributed by atoms with Crippen LogP contribution >= 0.6 is 0 Å². The maximum absolute atomic E-state index is 12.5. The molecule has 0 bridgehead atoms. The van der Waals surface area contributed by atoms with Crippen LogP contribution in [-0.2, 0) is 38.1 Å². The van der Waals surface area contributed by atoms with Crippen molar-refractivity contribution < 1.29 is 38.1 Å². The molecule has 1 spiro atoms. The lowest BCUT2D eigenvalue weighted by Crippen LogP contribution is -2.44. The number of carbonyl (C=O) groups excluding carboxylic acids is 3. The highest BCUT2D eigenvalue weighted by Gasteiger charge is 2.67. The van der Waals surface area contributed by atoms with Crippen LogP contribution in [0.25, 0.3) is 0 Å². The molecule has 0 unspecified atom stereocenters. The van der Waals surface area contributed by atoms with Crippen molar-refractivity contribution in [3.8, 4) is 0 Å². The van der Waals surface area contributed by atoms with Crippen LogP contribution in [0.2, 0.25) is 0 Å². The third-order valence-electron chi connectivity index (χ3n) is 5.68. The maximum Gasteiger partial charge on any atom is 0.333 e. The fourth-order valence-electron chi connectivity index (χ4n) is 3.78. The zero-order valence-electron chi connectivity index (χ0n) is 18.6. The van der Waals surface area contributed by atoms with Gasteiger partial charge in [-0.1, -0.05) is 25.8 Å². The van der Waals surface area contributed by atoms with Crippen molar-refractivity contribution in [2.24, 2.45) is 11.8 Å². The Morgan fingerprint density at radius 1 is 1.26 bits per heavy atom. The van der Waals surface area contributed by atoms with Gasteiger partial charge in [-0.25, -0.2) is 4.79 Å². The van der Waals surface area contributed by atoms with E-state index in [-0.39, 0.29) is 18.5 Å². The number of hydrogen-bond acceptors (Lipinski definition) is 8. The molecule has 0 aromatic rings. The van der Waals surface area contributed by atoms with E-state index in [1.807, 2.05) is 13.8 Å². The van der Waals surface area contributed by atoms with Gasteiger partial charge in [-0.3, -0.25) is 9.59 Å². The van der Waals surface area contributed by atoms with E-state index in [9.17, 15) is 14.4 Å². The first-order chi connectivity index (χ1) is 14.7. The van der Waals surface area contributed by atoms with Crippen molar-refractivity contribution in [3.63, 3.8) is 0 Å². The highest BCUT2D eigenvalue weighted by atomic mass is 16.7. The number of allylic oxidation sites excluding steroid dienone is 1. The summed E-state index contributed by atoms with van der Waals surface area (Å²) in [5.74, 6) is -1.56. The van der Waals surface area contributed by atoms with Gasteiger partial charge >= 0.3 is 17.9 Å². The van der Waals surface area contributed by atoms with E-state index in [0.717, 1.165) is 17.6 Å². The average Bonchev–Trinajstić information content (AvgIpc) is 3.40. The molecule has 8 heteroatoms. The zero-order chi connectivity index (χ0) is 22.8. The SMILES string of the molecule is CC[C@H](C)CC(=O)O[C@H]1C=C2C(COC(C)=O)=CO[C@@H](OC(=O)C=C(C)C)[C@@H]2[C@@]12CO2. The minimum Gasteiger partial charge on any atom is -0.461 e. The zero-order valence-corrected chi connectivity index (χ0v) is 18.6. The number of fused-ring (bicyclic) bond motifs is 2. The maximum atomic E-state index is 12.5. The molecule has 3 rings (SSSR count). The van der Waals surface area contributed by atoms with E-state index in [4.69, 9.17) is 23.7 Å². The third-order valence-corrected chi connectivity index (χ3v) is 5.68. The van der Waals surface area contributed by atoms with Gasteiger partial charge in [0.2, 0.25) is 0 Å². The molecule has 31 heavy (non-hydrogen) atoms. The molecule has 1 saturated heterocycles. The standard InChI is InChI=1S/C23H30O8/c1-6-14(4)8-20(26)30-18-9-17-16(10-27-15(5)24)11-28-22(21(17)23(18)12-29-23)31-19(25)7-13(2)3/h7,9,11,14,18,21-22H,6,8,10,12H2,1-5H3/t14-,18-,21+,22-,23+/m0/s1. The predicted octanol–water partition coefficient (Wildman–Crippen LogP) is 2.97. The fraction of sp³-hybridized carbons (Fsp3) is 0.609. The minimum atomic E-state index is -0.948. The molecule has 2 aliphatic heterocycles. The molecule has 0 radical (unpaired) electrons. The van der Waals surface area contributed by atoms with E-state index < -0.39 is 35.9 Å². The van der Waals surface area contributed by atoms with Crippen molar-refractivity contribution in [2.75, 3.05) is 13.2 Å². The van der Waals surface area contributed by atoms with Gasteiger partial charge in [0.1, 0.15) is 12.2 Å². The summed E-state index contributed by atoms with van der Waals surface area (Å²) < 4.78 is 27.9. The molecular formula is C23H30O8. The molecule has 0 aromatic heterocycles. The van der Waals surface area contributed by atoms with Gasteiger partial charge in [0.25, 0.3) is 6.29 Å². The molecule has 0 saturated carbocycles. The summed E-state index contributed by atoms with van der Waals surface area (Å²) in [5, 5.41) is 0. The second-order valence-corrected chi connectivity index (χ2v) is 8.56. The quantitative estimate of drug-likeness (QED) is 0.249. The minimum absolute atomic E-state index is 0.00405. The van der Waals surface area contributed by atoms with Crippen molar-refractivity contribution in [1.82, 2.24) is 0 Å². The van der Waals surface area contributed by atoms with E-state index in [0.29, 0.717) is 18.6 Å². The number of esters is 3. The molecule has 2 heterocycles. The van der Waals surface area contributed by atoms with Gasteiger partial charge in [0.05, 0.1) is 18.8 Å². The molecule has 5 atom stereocenters. The van der Waals surface area contributed by atoms with E-state index >= 15 is 0 Å². The summed E-state index contributed by atoms with van der Waals surface area (Å²) >= 11 is 0. The number of ether oxygens (including phenoxy) is 5. The van der Waals surface area contributed by atoms with E-state index in [1.54, 1.807) is 19.9 Å². The van der Waals surface area contributed by atoms with E-state index in [1.165, 1.54) is 19.3 Å². The Morgan fingerprint density at radius 2 is 1.97 bits per heavy atom. The second-order valence-electron chi connectivity index (χ2n) is 8.56. The number of carbonyl (C=O) groups is 3. The Bertz CT molecular complexity index is 829. The number of epoxide rings is 1. The Balaban J connectivity index is 1.84. The van der Waals surface area contributed by atoms with Crippen LogP contribution in [0.1, 0.15) is 47.5 Å². The number of hydrogen-bond donors (Lipinski definition) is 0. The Kier molecular flexibility index (Phi) is 6.89. The Hall–Kier alpha value is -2.61. The largest absolute Gasteiger partial charge is 0.461 e. The fourth-order valence-corrected chi connectivity index (χ4v) is 3.78. The van der Waals surface area contributed by atoms with Crippen LogP contribution in [0.5, 0.6) is 0 Å². The van der Waals surface area contributed by atoms with Crippen molar-refractivity contribution in [2.45, 2.75) is 65.5 Å². The summed E-state index contributed by atoms with van der Waals surface area (Å²) in [6, 6.07) is 0. The summed E-state index contributed by atoms with van der Waals surface area (Å²) in [4.78, 5) is 36.0. The molecule has 0 N–H and O–H groups in total. The van der Waals surface area contributed by atoms with Gasteiger partial charge in [-0.15, -0.1) is 0 Å². The molecule has 1 aliphatic carbocycles. The smallest absolute Gasteiger partial charge is 0.333 e. The lowest BCUT2D eigenvalue weighted by molar-refractivity contribution is -0.180. The van der Waals surface area contributed by atoms with Gasteiger partial charge in [0, 0.05) is 25.0 Å². The predicted molar refractivity (Wildman–Crippen MR) is 109 cm³/mol. The highest BCUT2D eigenvalue weighted by Crippen LogP contribution is 2.54. The van der Waals surface area contributed by atoms with Crippen molar-refractivity contribution >= 4 is 17.9 Å². The Labute approximate surface area is 182 Å². The summed E-state index contributed by atoms with van der Waals surface area (Å²) in [6.45, 7) is 9.24. The molecule has 0 aromatic carbocycles. The summed E-state index contributed by atoms with van der Waals surface area (Å²) in [5.41, 5.74) is 1.29. The van der Waals surface area contributed by atoms with Crippen LogP contribution in [0.15, 0.2) is 35.1 Å². The molecule has 0 amide bonds. The van der Waals surface area contributed by atoms with Crippen LogP contribution in [0.4, 0.5) is 0 Å².